The van der Waals surface area contributed by atoms with E-state index in [-0.39, 0.29) is 24.8 Å². The predicted octanol–water partition coefficient (Wildman–Crippen LogP) is 1.39. The van der Waals surface area contributed by atoms with Crippen LogP contribution >= 0.6 is 24.8 Å². The summed E-state index contributed by atoms with van der Waals surface area (Å²) in [6.45, 7) is 0. The summed E-state index contributed by atoms with van der Waals surface area (Å²) in [5.74, 6) is 0. The second-order valence-corrected chi connectivity index (χ2v) is 2.00. The lowest BCUT2D eigenvalue weighted by Gasteiger charge is -2.09. The molecule has 0 aliphatic rings. The molecule has 0 radical (unpaired) electrons. The molecular formula is C6H11Cl2N3. The number of nitrogens with zero attached hydrogens (tertiary/aromatic N) is 3. The summed E-state index contributed by atoms with van der Waals surface area (Å²) in [6, 6.07) is 1.91. The van der Waals surface area contributed by atoms with E-state index in [4.69, 9.17) is 0 Å². The van der Waals surface area contributed by atoms with Crippen LogP contribution in [0.1, 0.15) is 0 Å². The highest BCUT2D eigenvalue weighted by atomic mass is 35.5. The van der Waals surface area contributed by atoms with E-state index >= 15 is 0 Å². The van der Waals surface area contributed by atoms with Crippen LogP contribution in [0.25, 0.3) is 0 Å². The Morgan fingerprint density at radius 2 is 1.82 bits per heavy atom. The number of aromatic nitrogens is 2. The lowest BCUT2D eigenvalue weighted by Crippen LogP contribution is -2.08. The maximum Gasteiger partial charge on any atom is 0.0729 e. The second kappa shape index (κ2) is 6.19. The largest absolute Gasteiger partial charge is 0.376 e. The fourth-order valence-corrected chi connectivity index (χ4v) is 0.548. The van der Waals surface area contributed by atoms with E-state index in [0.717, 1.165) is 5.69 Å². The Balaban J connectivity index is 0. The van der Waals surface area contributed by atoms with Gasteiger partial charge in [-0.05, 0) is 6.07 Å². The van der Waals surface area contributed by atoms with Gasteiger partial charge in [-0.15, -0.1) is 24.8 Å². The summed E-state index contributed by atoms with van der Waals surface area (Å²) in [7, 11) is 3.94. The Hall–Kier alpha value is -0.540. The molecule has 0 spiro atoms. The topological polar surface area (TPSA) is 29.0 Å². The summed E-state index contributed by atoms with van der Waals surface area (Å²) in [5, 5.41) is 7.37. The molecule has 0 N–H and O–H groups in total. The van der Waals surface area contributed by atoms with Crippen LogP contribution in [0.4, 0.5) is 5.69 Å². The molecule has 0 bridgehead atoms. The van der Waals surface area contributed by atoms with E-state index in [1.165, 1.54) is 0 Å². The summed E-state index contributed by atoms with van der Waals surface area (Å²) in [6.07, 6.45) is 3.40. The molecule has 0 aliphatic heterocycles. The number of halogens is 2. The molecule has 1 aromatic rings. The van der Waals surface area contributed by atoms with E-state index in [1.807, 2.05) is 25.1 Å². The van der Waals surface area contributed by atoms with Gasteiger partial charge in [-0.3, -0.25) is 0 Å². The van der Waals surface area contributed by atoms with Crippen LogP contribution in [0.15, 0.2) is 18.5 Å². The molecule has 0 aliphatic carbocycles. The highest BCUT2D eigenvalue weighted by molar-refractivity contribution is 5.85. The zero-order chi connectivity index (χ0) is 6.69. The minimum absolute atomic E-state index is 0. The molecule has 0 unspecified atom stereocenters. The van der Waals surface area contributed by atoms with Gasteiger partial charge in [0, 0.05) is 14.1 Å². The van der Waals surface area contributed by atoms with E-state index in [0.29, 0.717) is 0 Å². The van der Waals surface area contributed by atoms with Gasteiger partial charge < -0.3 is 4.90 Å². The summed E-state index contributed by atoms with van der Waals surface area (Å²) in [4.78, 5) is 1.98. The van der Waals surface area contributed by atoms with Gasteiger partial charge in [0.2, 0.25) is 0 Å². The third kappa shape index (κ3) is 4.01. The average Bonchev–Trinajstić information content (AvgIpc) is 1.90. The van der Waals surface area contributed by atoms with Crippen molar-refractivity contribution >= 4 is 30.5 Å². The number of anilines is 1. The first kappa shape index (κ1) is 13.1. The standard InChI is InChI=1S/C6H9N3.2ClH/c1-9(2)6-3-4-7-8-5-6;;/h3-5H,1-2H3;2*1H. The fraction of sp³-hybridized carbons (Fsp3) is 0.333. The number of hydrogen-bond donors (Lipinski definition) is 0. The average molecular weight is 196 g/mol. The Labute approximate surface area is 78.6 Å². The first-order chi connectivity index (χ1) is 4.30. The van der Waals surface area contributed by atoms with Gasteiger partial charge in [0.15, 0.2) is 0 Å². The molecule has 3 nitrogen and oxygen atoms in total. The normalized spacial score (nSPS) is 7.45. The first-order valence-electron chi connectivity index (χ1n) is 2.75. The third-order valence-electron chi connectivity index (χ3n) is 1.09. The first-order valence-corrected chi connectivity index (χ1v) is 2.75. The van der Waals surface area contributed by atoms with Crippen LogP contribution in [-0.4, -0.2) is 24.3 Å². The van der Waals surface area contributed by atoms with Gasteiger partial charge in [-0.25, -0.2) is 0 Å². The maximum absolute atomic E-state index is 3.71. The third-order valence-corrected chi connectivity index (χ3v) is 1.09. The van der Waals surface area contributed by atoms with Crippen molar-refractivity contribution in [3.05, 3.63) is 18.5 Å². The zero-order valence-electron chi connectivity index (χ0n) is 6.39. The van der Waals surface area contributed by atoms with Crippen LogP contribution in [0.3, 0.4) is 0 Å². The maximum atomic E-state index is 3.71. The van der Waals surface area contributed by atoms with Gasteiger partial charge in [0.25, 0.3) is 0 Å². The highest BCUT2D eigenvalue weighted by Gasteiger charge is 1.89. The highest BCUT2D eigenvalue weighted by Crippen LogP contribution is 2.03. The van der Waals surface area contributed by atoms with Crippen molar-refractivity contribution in [1.82, 2.24) is 10.2 Å². The Morgan fingerprint density at radius 3 is 2.09 bits per heavy atom. The molecule has 0 fully saturated rings. The summed E-state index contributed by atoms with van der Waals surface area (Å²) < 4.78 is 0. The molecule has 1 aromatic heterocycles. The Bertz CT molecular complexity index is 178. The fourth-order valence-electron chi connectivity index (χ4n) is 0.548. The van der Waals surface area contributed by atoms with E-state index < -0.39 is 0 Å². The minimum Gasteiger partial charge on any atom is -0.376 e. The molecule has 11 heavy (non-hydrogen) atoms. The van der Waals surface area contributed by atoms with Gasteiger partial charge in [-0.2, -0.15) is 10.2 Å². The van der Waals surface area contributed by atoms with Crippen molar-refractivity contribution in [3.63, 3.8) is 0 Å². The van der Waals surface area contributed by atoms with Crippen LogP contribution in [0.5, 0.6) is 0 Å². The molecule has 0 saturated carbocycles. The van der Waals surface area contributed by atoms with Crippen molar-refractivity contribution in [1.29, 1.82) is 0 Å². The van der Waals surface area contributed by atoms with E-state index in [9.17, 15) is 0 Å². The van der Waals surface area contributed by atoms with Crippen molar-refractivity contribution in [2.45, 2.75) is 0 Å². The quantitative estimate of drug-likeness (QED) is 0.679. The van der Waals surface area contributed by atoms with E-state index in [1.54, 1.807) is 12.4 Å². The zero-order valence-corrected chi connectivity index (χ0v) is 8.02. The van der Waals surface area contributed by atoms with Crippen molar-refractivity contribution in [3.8, 4) is 0 Å². The molecule has 5 heteroatoms. The van der Waals surface area contributed by atoms with Crippen molar-refractivity contribution in [2.75, 3.05) is 19.0 Å². The molecule has 0 aromatic carbocycles. The lowest BCUT2D eigenvalue weighted by molar-refractivity contribution is 1.00. The Morgan fingerprint density at radius 1 is 1.18 bits per heavy atom. The van der Waals surface area contributed by atoms with Crippen LogP contribution in [0.2, 0.25) is 0 Å². The summed E-state index contributed by atoms with van der Waals surface area (Å²) >= 11 is 0. The molecule has 0 atom stereocenters. The van der Waals surface area contributed by atoms with Crippen LogP contribution in [0, 0.1) is 0 Å². The molecule has 1 rings (SSSR count). The second-order valence-electron chi connectivity index (χ2n) is 2.00. The van der Waals surface area contributed by atoms with Crippen LogP contribution < -0.4 is 4.90 Å². The van der Waals surface area contributed by atoms with Gasteiger partial charge in [0.1, 0.15) is 0 Å². The molecule has 1 heterocycles. The summed E-state index contributed by atoms with van der Waals surface area (Å²) in [5.41, 5.74) is 1.07. The molecule has 64 valence electrons. The SMILES string of the molecule is CN(C)c1ccnnc1.Cl.Cl. The van der Waals surface area contributed by atoms with Crippen LogP contribution in [-0.2, 0) is 0 Å². The number of hydrogen-bond acceptors (Lipinski definition) is 3. The Kier molecular flexibility index (Phi) is 7.36. The smallest absolute Gasteiger partial charge is 0.0729 e. The minimum atomic E-state index is 0. The molecule has 0 amide bonds. The monoisotopic (exact) mass is 195 g/mol. The number of rotatable bonds is 1. The van der Waals surface area contributed by atoms with Gasteiger partial charge >= 0.3 is 0 Å². The van der Waals surface area contributed by atoms with Crippen molar-refractivity contribution < 1.29 is 0 Å². The van der Waals surface area contributed by atoms with Crippen molar-refractivity contribution in [2.24, 2.45) is 0 Å². The molecular weight excluding hydrogens is 185 g/mol. The van der Waals surface area contributed by atoms with Gasteiger partial charge in [-0.1, -0.05) is 0 Å². The van der Waals surface area contributed by atoms with Gasteiger partial charge in [0.05, 0.1) is 18.1 Å². The van der Waals surface area contributed by atoms with E-state index in [2.05, 4.69) is 10.2 Å². The predicted molar refractivity (Wildman–Crippen MR) is 50.9 cm³/mol. The molecule has 0 saturated heterocycles. The lowest BCUT2D eigenvalue weighted by atomic mass is 10.4.